The van der Waals surface area contributed by atoms with Crippen LogP contribution in [-0.2, 0) is 6.54 Å². The Morgan fingerprint density at radius 3 is 2.92 bits per heavy atom. The lowest BCUT2D eigenvalue weighted by atomic mass is 10.0. The largest absolute Gasteiger partial charge is 0.369 e. The standard InChI is InChI=1S/C9H12N4/c10-4-3-9(1-2-9)7-13-6-5-12-8(13)11/h5-6H,1-3,7H2,(H2,11,12). The number of nitrogens with zero attached hydrogens (tertiary/aromatic N) is 3. The summed E-state index contributed by atoms with van der Waals surface area (Å²) in [5.74, 6) is 0.546. The minimum atomic E-state index is 0.198. The number of nitrogens with two attached hydrogens (primary N) is 1. The number of rotatable bonds is 3. The van der Waals surface area contributed by atoms with Gasteiger partial charge in [0.05, 0.1) is 6.07 Å². The lowest BCUT2D eigenvalue weighted by Crippen LogP contribution is -2.12. The van der Waals surface area contributed by atoms with E-state index in [0.29, 0.717) is 12.4 Å². The second-order valence-electron chi connectivity index (χ2n) is 3.75. The molecule has 68 valence electrons. The topological polar surface area (TPSA) is 67.6 Å². The average Bonchev–Trinajstić information content (AvgIpc) is 2.73. The maximum absolute atomic E-state index is 8.63. The van der Waals surface area contributed by atoms with Gasteiger partial charge in [-0.3, -0.25) is 0 Å². The van der Waals surface area contributed by atoms with Crippen molar-refractivity contribution in [3.8, 4) is 6.07 Å². The molecule has 1 fully saturated rings. The molecule has 0 saturated heterocycles. The van der Waals surface area contributed by atoms with Crippen LogP contribution >= 0.6 is 0 Å². The maximum Gasteiger partial charge on any atom is 0.200 e. The normalized spacial score (nSPS) is 18.1. The van der Waals surface area contributed by atoms with E-state index in [-0.39, 0.29) is 5.41 Å². The van der Waals surface area contributed by atoms with E-state index in [2.05, 4.69) is 11.1 Å². The smallest absolute Gasteiger partial charge is 0.200 e. The Balaban J connectivity index is 2.07. The van der Waals surface area contributed by atoms with Crippen LogP contribution in [0.1, 0.15) is 19.3 Å². The number of nitrogen functional groups attached to an aromatic ring is 1. The van der Waals surface area contributed by atoms with Gasteiger partial charge in [0, 0.05) is 30.8 Å². The molecule has 2 N–H and O–H groups in total. The molecule has 13 heavy (non-hydrogen) atoms. The zero-order chi connectivity index (χ0) is 9.31. The van der Waals surface area contributed by atoms with Crippen LogP contribution in [-0.4, -0.2) is 9.55 Å². The summed E-state index contributed by atoms with van der Waals surface area (Å²) in [6.45, 7) is 0.840. The minimum Gasteiger partial charge on any atom is -0.369 e. The van der Waals surface area contributed by atoms with Crippen LogP contribution in [0.3, 0.4) is 0 Å². The molecule has 0 radical (unpaired) electrons. The van der Waals surface area contributed by atoms with E-state index in [1.165, 1.54) is 0 Å². The molecule has 0 amide bonds. The van der Waals surface area contributed by atoms with E-state index in [0.717, 1.165) is 19.4 Å². The first-order valence-corrected chi connectivity index (χ1v) is 4.39. The number of imidazole rings is 1. The van der Waals surface area contributed by atoms with Gasteiger partial charge in [0.25, 0.3) is 0 Å². The van der Waals surface area contributed by atoms with Gasteiger partial charge < -0.3 is 10.3 Å². The van der Waals surface area contributed by atoms with Crippen molar-refractivity contribution in [2.45, 2.75) is 25.8 Å². The van der Waals surface area contributed by atoms with Gasteiger partial charge in [-0.1, -0.05) is 0 Å². The highest BCUT2D eigenvalue weighted by Gasteiger charge is 2.42. The van der Waals surface area contributed by atoms with Crippen molar-refractivity contribution < 1.29 is 0 Å². The third-order valence-corrected chi connectivity index (χ3v) is 2.66. The van der Waals surface area contributed by atoms with E-state index < -0.39 is 0 Å². The molecule has 0 atom stereocenters. The summed E-state index contributed by atoms with van der Waals surface area (Å²) in [5.41, 5.74) is 5.84. The Morgan fingerprint density at radius 2 is 2.46 bits per heavy atom. The molecule has 0 bridgehead atoms. The van der Waals surface area contributed by atoms with Crippen molar-refractivity contribution in [3.63, 3.8) is 0 Å². The molecule has 1 aliphatic rings. The highest BCUT2D eigenvalue weighted by molar-refractivity contribution is 5.18. The molecule has 4 heteroatoms. The fourth-order valence-corrected chi connectivity index (χ4v) is 1.57. The molecule has 0 spiro atoms. The summed E-state index contributed by atoms with van der Waals surface area (Å²) in [6, 6.07) is 2.23. The number of aromatic nitrogens is 2. The van der Waals surface area contributed by atoms with Crippen LogP contribution in [0.15, 0.2) is 12.4 Å². The van der Waals surface area contributed by atoms with Crippen molar-refractivity contribution >= 4 is 5.95 Å². The van der Waals surface area contributed by atoms with Gasteiger partial charge in [0.2, 0.25) is 0 Å². The molecule has 4 nitrogen and oxygen atoms in total. The number of anilines is 1. The zero-order valence-corrected chi connectivity index (χ0v) is 7.40. The third-order valence-electron chi connectivity index (χ3n) is 2.66. The zero-order valence-electron chi connectivity index (χ0n) is 7.40. The van der Waals surface area contributed by atoms with Crippen LogP contribution < -0.4 is 5.73 Å². The lowest BCUT2D eigenvalue weighted by Gasteiger charge is -2.12. The van der Waals surface area contributed by atoms with Gasteiger partial charge in [-0.05, 0) is 12.8 Å². The molecule has 1 aromatic heterocycles. The van der Waals surface area contributed by atoms with Gasteiger partial charge in [-0.2, -0.15) is 5.26 Å². The maximum atomic E-state index is 8.63. The number of nitriles is 1. The summed E-state index contributed by atoms with van der Waals surface area (Å²) in [6.07, 6.45) is 6.46. The lowest BCUT2D eigenvalue weighted by molar-refractivity contribution is 0.435. The molecule has 1 saturated carbocycles. The highest BCUT2D eigenvalue weighted by atomic mass is 15.1. The molecule has 0 aliphatic heterocycles. The summed E-state index contributed by atoms with van der Waals surface area (Å²) in [7, 11) is 0. The minimum absolute atomic E-state index is 0.198. The van der Waals surface area contributed by atoms with Crippen LogP contribution in [0.5, 0.6) is 0 Å². The van der Waals surface area contributed by atoms with Crippen molar-refractivity contribution in [1.29, 1.82) is 5.26 Å². The Bertz CT molecular complexity index is 343. The molecule has 2 rings (SSSR count). The Labute approximate surface area is 77.0 Å². The fourth-order valence-electron chi connectivity index (χ4n) is 1.57. The first-order chi connectivity index (χ1) is 6.26. The predicted octanol–water partition coefficient (Wildman–Crippen LogP) is 1.16. The highest BCUT2D eigenvalue weighted by Crippen LogP contribution is 2.50. The molecule has 1 aromatic rings. The molecule has 1 aliphatic carbocycles. The summed E-state index contributed by atoms with van der Waals surface area (Å²) in [5, 5.41) is 8.63. The summed E-state index contributed by atoms with van der Waals surface area (Å²) >= 11 is 0. The van der Waals surface area contributed by atoms with Gasteiger partial charge in [0.15, 0.2) is 5.95 Å². The Hall–Kier alpha value is -1.50. The van der Waals surface area contributed by atoms with Crippen LogP contribution in [0.25, 0.3) is 0 Å². The number of hydrogen-bond donors (Lipinski definition) is 1. The third kappa shape index (κ3) is 1.50. The monoisotopic (exact) mass is 176 g/mol. The van der Waals surface area contributed by atoms with Crippen molar-refractivity contribution in [1.82, 2.24) is 9.55 Å². The van der Waals surface area contributed by atoms with Gasteiger partial charge in [0.1, 0.15) is 0 Å². The van der Waals surface area contributed by atoms with E-state index in [9.17, 15) is 0 Å². The average molecular weight is 176 g/mol. The van der Waals surface area contributed by atoms with E-state index in [1.54, 1.807) is 6.20 Å². The van der Waals surface area contributed by atoms with Gasteiger partial charge in [-0.25, -0.2) is 4.98 Å². The second-order valence-corrected chi connectivity index (χ2v) is 3.75. The quantitative estimate of drug-likeness (QED) is 0.751. The van der Waals surface area contributed by atoms with Gasteiger partial charge >= 0.3 is 0 Å². The van der Waals surface area contributed by atoms with Crippen molar-refractivity contribution in [2.75, 3.05) is 5.73 Å². The first-order valence-electron chi connectivity index (χ1n) is 4.39. The molecular weight excluding hydrogens is 164 g/mol. The molecular formula is C9H12N4. The van der Waals surface area contributed by atoms with Crippen LogP contribution in [0, 0.1) is 16.7 Å². The van der Waals surface area contributed by atoms with Gasteiger partial charge in [-0.15, -0.1) is 0 Å². The predicted molar refractivity (Wildman–Crippen MR) is 48.5 cm³/mol. The summed E-state index contributed by atoms with van der Waals surface area (Å²) in [4.78, 5) is 3.95. The first kappa shape index (κ1) is 8.11. The van der Waals surface area contributed by atoms with E-state index in [4.69, 9.17) is 11.0 Å². The Morgan fingerprint density at radius 1 is 1.69 bits per heavy atom. The second kappa shape index (κ2) is 2.77. The molecule has 1 heterocycles. The summed E-state index contributed by atoms with van der Waals surface area (Å²) < 4.78 is 1.92. The SMILES string of the molecule is N#CCC1(Cn2ccnc2N)CC1. The van der Waals surface area contributed by atoms with Crippen molar-refractivity contribution in [3.05, 3.63) is 12.4 Å². The van der Waals surface area contributed by atoms with E-state index in [1.807, 2.05) is 10.8 Å². The Kier molecular flexibility index (Phi) is 1.73. The number of hydrogen-bond acceptors (Lipinski definition) is 3. The van der Waals surface area contributed by atoms with Crippen molar-refractivity contribution in [2.24, 2.45) is 5.41 Å². The van der Waals surface area contributed by atoms with Crippen LogP contribution in [0.4, 0.5) is 5.95 Å². The fraction of sp³-hybridized carbons (Fsp3) is 0.556. The molecule has 0 aromatic carbocycles. The van der Waals surface area contributed by atoms with E-state index >= 15 is 0 Å². The van der Waals surface area contributed by atoms with Crippen LogP contribution in [0.2, 0.25) is 0 Å². The molecule has 0 unspecified atom stereocenters.